The number of ether oxygens (including phenoxy) is 2. The minimum Gasteiger partial charge on any atom is -0.488 e. The second kappa shape index (κ2) is 7.71. The molecule has 0 unspecified atom stereocenters. The van der Waals surface area contributed by atoms with Crippen LogP contribution in [0.5, 0.6) is 5.75 Å². The fraction of sp³-hybridized carbons (Fsp3) is 0.350. The maximum atomic E-state index is 5.94. The first-order valence-electron chi connectivity index (χ1n) is 9.79. The van der Waals surface area contributed by atoms with Crippen molar-refractivity contribution in [2.75, 3.05) is 25.2 Å². The summed E-state index contributed by atoms with van der Waals surface area (Å²) in [6.07, 6.45) is 3.12. The van der Waals surface area contributed by atoms with Crippen LogP contribution >= 0.6 is 0 Å². The Morgan fingerprint density at radius 2 is 2.07 bits per heavy atom. The molecule has 0 bridgehead atoms. The Kier molecular flexibility index (Phi) is 4.75. The molecular weight excluding hydrogens is 384 g/mol. The topological polar surface area (TPSA) is 107 Å². The third kappa shape index (κ3) is 3.45. The molecule has 0 aliphatic carbocycles. The standard InChI is InChI=1S/C20H22N8O2/c1-13(10-29-2)30-14-3-4-16-15(7-14)20(26-25-16)17-8-18(22-11-21-17)27-5-6-28-19(9-27)23-12-24-28/h3-4,7-8,11-13H,5-6,9-10H2,1-2H3,(H,25,26)/t13-/m0/s1. The van der Waals surface area contributed by atoms with Crippen LogP contribution in [-0.4, -0.2) is 61.3 Å². The molecule has 0 saturated heterocycles. The molecule has 154 valence electrons. The van der Waals surface area contributed by atoms with E-state index in [0.717, 1.165) is 52.8 Å². The number of anilines is 1. The number of nitrogens with zero attached hydrogens (tertiary/aromatic N) is 7. The van der Waals surface area contributed by atoms with Crippen LogP contribution in [0.2, 0.25) is 0 Å². The number of rotatable bonds is 6. The summed E-state index contributed by atoms with van der Waals surface area (Å²) in [5.74, 6) is 2.53. The summed E-state index contributed by atoms with van der Waals surface area (Å²) >= 11 is 0. The van der Waals surface area contributed by atoms with E-state index < -0.39 is 0 Å². The summed E-state index contributed by atoms with van der Waals surface area (Å²) < 4.78 is 13.0. The molecular formula is C20H22N8O2. The fourth-order valence-electron chi connectivity index (χ4n) is 3.67. The van der Waals surface area contributed by atoms with Crippen molar-refractivity contribution < 1.29 is 9.47 Å². The van der Waals surface area contributed by atoms with Gasteiger partial charge in [-0.25, -0.2) is 19.6 Å². The molecule has 0 saturated carbocycles. The highest BCUT2D eigenvalue weighted by Crippen LogP contribution is 2.30. The summed E-state index contributed by atoms with van der Waals surface area (Å²) in [5, 5.41) is 12.7. The van der Waals surface area contributed by atoms with Gasteiger partial charge >= 0.3 is 0 Å². The number of hydrogen-bond acceptors (Lipinski definition) is 8. The average molecular weight is 406 g/mol. The van der Waals surface area contributed by atoms with Crippen LogP contribution in [0.4, 0.5) is 5.82 Å². The van der Waals surface area contributed by atoms with Gasteiger partial charge in [0.2, 0.25) is 0 Å². The van der Waals surface area contributed by atoms with E-state index >= 15 is 0 Å². The molecule has 1 N–H and O–H groups in total. The molecule has 0 fully saturated rings. The van der Waals surface area contributed by atoms with Crippen molar-refractivity contribution in [3.8, 4) is 17.1 Å². The number of nitrogens with one attached hydrogen (secondary N) is 1. The zero-order chi connectivity index (χ0) is 20.5. The number of methoxy groups -OCH3 is 1. The van der Waals surface area contributed by atoms with Gasteiger partial charge in [-0.15, -0.1) is 0 Å². The smallest absolute Gasteiger partial charge is 0.146 e. The molecule has 10 heteroatoms. The number of fused-ring (bicyclic) bond motifs is 2. The molecule has 4 heterocycles. The third-order valence-corrected chi connectivity index (χ3v) is 5.10. The molecule has 1 aromatic carbocycles. The van der Waals surface area contributed by atoms with Crippen molar-refractivity contribution in [1.29, 1.82) is 0 Å². The quantitative estimate of drug-likeness (QED) is 0.518. The molecule has 1 aliphatic rings. The summed E-state index contributed by atoms with van der Waals surface area (Å²) in [6.45, 7) is 4.74. The number of aromatic amines is 1. The van der Waals surface area contributed by atoms with Crippen LogP contribution in [0, 0.1) is 0 Å². The molecule has 10 nitrogen and oxygen atoms in total. The lowest BCUT2D eigenvalue weighted by molar-refractivity contribution is 0.0922. The van der Waals surface area contributed by atoms with E-state index in [9.17, 15) is 0 Å². The Morgan fingerprint density at radius 1 is 1.13 bits per heavy atom. The van der Waals surface area contributed by atoms with Crippen LogP contribution in [-0.2, 0) is 17.8 Å². The van der Waals surface area contributed by atoms with Gasteiger partial charge in [-0.1, -0.05) is 0 Å². The first kappa shape index (κ1) is 18.5. The van der Waals surface area contributed by atoms with Crippen molar-refractivity contribution in [2.24, 2.45) is 0 Å². The second-order valence-electron chi connectivity index (χ2n) is 7.25. The molecule has 3 aromatic heterocycles. The first-order valence-corrected chi connectivity index (χ1v) is 9.79. The minimum absolute atomic E-state index is 0.0467. The lowest BCUT2D eigenvalue weighted by Gasteiger charge is -2.27. The Balaban J connectivity index is 1.45. The van der Waals surface area contributed by atoms with Crippen LogP contribution in [0.25, 0.3) is 22.3 Å². The SMILES string of the molecule is COC[C@H](C)Oc1ccc2[nH]nc(-c3cc(N4CCn5ncnc5C4)ncn3)c2c1. The van der Waals surface area contributed by atoms with Crippen molar-refractivity contribution in [2.45, 2.75) is 26.1 Å². The van der Waals surface area contributed by atoms with Crippen LogP contribution in [0.15, 0.2) is 36.9 Å². The van der Waals surface area contributed by atoms with Gasteiger partial charge in [0.15, 0.2) is 0 Å². The van der Waals surface area contributed by atoms with E-state index in [-0.39, 0.29) is 6.10 Å². The predicted octanol–water partition coefficient (Wildman–Crippen LogP) is 2.05. The largest absolute Gasteiger partial charge is 0.488 e. The van der Waals surface area contributed by atoms with Gasteiger partial charge in [-0.3, -0.25) is 5.10 Å². The van der Waals surface area contributed by atoms with Crippen molar-refractivity contribution >= 4 is 16.7 Å². The van der Waals surface area contributed by atoms with E-state index in [1.165, 1.54) is 0 Å². The van der Waals surface area contributed by atoms with Crippen molar-refractivity contribution in [3.05, 3.63) is 42.7 Å². The summed E-state index contributed by atoms with van der Waals surface area (Å²) in [4.78, 5) is 15.4. The zero-order valence-electron chi connectivity index (χ0n) is 16.8. The van der Waals surface area contributed by atoms with E-state index in [1.54, 1.807) is 19.8 Å². The zero-order valence-corrected chi connectivity index (χ0v) is 16.8. The van der Waals surface area contributed by atoms with Gasteiger partial charge in [0.25, 0.3) is 0 Å². The molecule has 30 heavy (non-hydrogen) atoms. The average Bonchev–Trinajstić information content (AvgIpc) is 3.40. The third-order valence-electron chi connectivity index (χ3n) is 5.10. The number of H-pyrrole nitrogens is 1. The van der Waals surface area contributed by atoms with Gasteiger partial charge in [0.05, 0.1) is 30.9 Å². The highest BCUT2D eigenvalue weighted by Gasteiger charge is 2.20. The minimum atomic E-state index is -0.0467. The summed E-state index contributed by atoms with van der Waals surface area (Å²) in [5.41, 5.74) is 2.43. The van der Waals surface area contributed by atoms with Gasteiger partial charge in [-0.05, 0) is 25.1 Å². The molecule has 1 atom stereocenters. The van der Waals surface area contributed by atoms with Crippen LogP contribution in [0.1, 0.15) is 12.7 Å². The Bertz CT molecular complexity index is 1170. The number of aromatic nitrogens is 7. The van der Waals surface area contributed by atoms with E-state index in [0.29, 0.717) is 13.2 Å². The predicted molar refractivity (Wildman–Crippen MR) is 110 cm³/mol. The highest BCUT2D eigenvalue weighted by molar-refractivity contribution is 5.93. The maximum Gasteiger partial charge on any atom is 0.146 e. The molecule has 0 radical (unpaired) electrons. The van der Waals surface area contributed by atoms with Gasteiger partial charge < -0.3 is 14.4 Å². The molecule has 5 rings (SSSR count). The van der Waals surface area contributed by atoms with Gasteiger partial charge in [0, 0.05) is 25.1 Å². The van der Waals surface area contributed by atoms with E-state index in [4.69, 9.17) is 9.47 Å². The van der Waals surface area contributed by atoms with E-state index in [2.05, 4.69) is 35.1 Å². The summed E-state index contributed by atoms with van der Waals surface area (Å²) in [6, 6.07) is 7.82. The lowest BCUT2D eigenvalue weighted by atomic mass is 10.1. The van der Waals surface area contributed by atoms with E-state index in [1.807, 2.05) is 35.9 Å². The Morgan fingerprint density at radius 3 is 2.97 bits per heavy atom. The molecule has 0 spiro atoms. The second-order valence-corrected chi connectivity index (χ2v) is 7.25. The monoisotopic (exact) mass is 406 g/mol. The van der Waals surface area contributed by atoms with Crippen molar-refractivity contribution in [1.82, 2.24) is 34.9 Å². The molecule has 0 amide bonds. The lowest BCUT2D eigenvalue weighted by Crippen LogP contribution is -2.34. The number of hydrogen-bond donors (Lipinski definition) is 1. The van der Waals surface area contributed by atoms with Crippen molar-refractivity contribution in [3.63, 3.8) is 0 Å². The molecule has 4 aromatic rings. The van der Waals surface area contributed by atoms with Gasteiger partial charge in [-0.2, -0.15) is 10.2 Å². The maximum absolute atomic E-state index is 5.94. The highest BCUT2D eigenvalue weighted by atomic mass is 16.5. The summed E-state index contributed by atoms with van der Waals surface area (Å²) in [7, 11) is 1.66. The number of benzene rings is 1. The molecule has 1 aliphatic heterocycles. The van der Waals surface area contributed by atoms with Gasteiger partial charge in [0.1, 0.15) is 41.8 Å². The fourth-order valence-corrected chi connectivity index (χ4v) is 3.67. The Labute approximate surface area is 172 Å². The first-order chi connectivity index (χ1) is 14.7. The van der Waals surface area contributed by atoms with Crippen LogP contribution in [0.3, 0.4) is 0 Å². The van der Waals surface area contributed by atoms with Crippen LogP contribution < -0.4 is 9.64 Å². The Hall–Kier alpha value is -3.53. The normalized spacial score (nSPS) is 14.7.